The van der Waals surface area contributed by atoms with Crippen LogP contribution in [0.1, 0.15) is 32.7 Å². The quantitative estimate of drug-likeness (QED) is 0.532. The van der Waals surface area contributed by atoms with Crippen LogP contribution in [0.2, 0.25) is 0 Å². The first-order chi connectivity index (χ1) is 14.0. The van der Waals surface area contributed by atoms with E-state index in [0.717, 1.165) is 5.56 Å². The van der Waals surface area contributed by atoms with Gasteiger partial charge in [-0.25, -0.2) is 0 Å². The van der Waals surface area contributed by atoms with Crippen molar-refractivity contribution in [1.29, 1.82) is 0 Å². The fourth-order valence-electron chi connectivity index (χ4n) is 3.62. The van der Waals surface area contributed by atoms with E-state index in [-0.39, 0.29) is 6.04 Å². The van der Waals surface area contributed by atoms with Crippen LogP contribution in [0.15, 0.2) is 52.6 Å². The Kier molecular flexibility index (Phi) is 4.85. The molecule has 0 radical (unpaired) electrons. The number of aliphatic hydroxyl groups is 1. The molecule has 148 valence electrons. The van der Waals surface area contributed by atoms with Gasteiger partial charge in [0.05, 0.1) is 34.3 Å². The third kappa shape index (κ3) is 3.50. The average Bonchev–Trinajstić information content (AvgIpc) is 3.01. The van der Waals surface area contributed by atoms with Crippen LogP contribution in [0.25, 0.3) is 0 Å². The number of aliphatic imine (C=N–C) groups is 1. The standard InChI is InChI=1S/C21H21N5O3/c1-22-16-9-14-15(21(29)24-20(14)28)10-17(16)23-11-13-8-18(27)19(25-26(13)2)12-6-4-3-5-7-12/h3-7,9-10,13,18,23,27H,1,8,11H2,2H3,(H,24,28,29). The first-order valence-electron chi connectivity index (χ1n) is 9.27. The van der Waals surface area contributed by atoms with Gasteiger partial charge in [-0.05, 0) is 18.9 Å². The number of nitrogens with zero attached hydrogens (tertiary/aromatic N) is 3. The number of nitrogens with one attached hydrogen (secondary N) is 2. The van der Waals surface area contributed by atoms with Crippen molar-refractivity contribution in [2.45, 2.75) is 18.6 Å². The maximum absolute atomic E-state index is 11.9. The molecule has 0 aliphatic carbocycles. The molecule has 0 bridgehead atoms. The van der Waals surface area contributed by atoms with Crippen molar-refractivity contribution in [2.24, 2.45) is 10.1 Å². The molecule has 0 saturated carbocycles. The van der Waals surface area contributed by atoms with Gasteiger partial charge in [0.2, 0.25) is 0 Å². The van der Waals surface area contributed by atoms with E-state index in [2.05, 4.69) is 27.4 Å². The zero-order valence-electron chi connectivity index (χ0n) is 15.9. The van der Waals surface area contributed by atoms with Crippen molar-refractivity contribution in [2.75, 3.05) is 18.9 Å². The Labute approximate surface area is 167 Å². The summed E-state index contributed by atoms with van der Waals surface area (Å²) in [7, 11) is 1.86. The smallest absolute Gasteiger partial charge is 0.259 e. The normalized spacial score (nSPS) is 20.8. The second-order valence-electron chi connectivity index (χ2n) is 7.07. The number of fused-ring (bicyclic) bond motifs is 1. The molecule has 2 atom stereocenters. The first-order valence-corrected chi connectivity index (χ1v) is 9.27. The van der Waals surface area contributed by atoms with Crippen LogP contribution in [-0.2, 0) is 0 Å². The Hall–Kier alpha value is -3.52. The summed E-state index contributed by atoms with van der Waals surface area (Å²) in [5.41, 5.74) is 3.23. The summed E-state index contributed by atoms with van der Waals surface area (Å²) < 4.78 is 0. The first kappa shape index (κ1) is 18.8. The zero-order chi connectivity index (χ0) is 20.5. The number of benzene rings is 2. The van der Waals surface area contributed by atoms with Crippen molar-refractivity contribution in [3.05, 3.63) is 59.2 Å². The molecule has 2 unspecified atom stereocenters. The van der Waals surface area contributed by atoms with E-state index in [1.807, 2.05) is 42.4 Å². The molecular weight excluding hydrogens is 370 g/mol. The minimum Gasteiger partial charge on any atom is -0.387 e. The van der Waals surface area contributed by atoms with Crippen LogP contribution < -0.4 is 10.6 Å². The Bertz CT molecular complexity index is 1020. The lowest BCUT2D eigenvalue weighted by atomic mass is 9.97. The molecule has 3 N–H and O–H groups in total. The van der Waals surface area contributed by atoms with Crippen LogP contribution in [0, 0.1) is 0 Å². The van der Waals surface area contributed by atoms with Gasteiger partial charge in [0.1, 0.15) is 6.10 Å². The van der Waals surface area contributed by atoms with Gasteiger partial charge in [0, 0.05) is 25.6 Å². The third-order valence-corrected chi connectivity index (χ3v) is 5.23. The highest BCUT2D eigenvalue weighted by atomic mass is 16.3. The van der Waals surface area contributed by atoms with E-state index in [1.165, 1.54) is 0 Å². The lowest BCUT2D eigenvalue weighted by molar-refractivity contribution is 0.0879. The number of rotatable bonds is 5. The van der Waals surface area contributed by atoms with Gasteiger partial charge in [-0.15, -0.1) is 0 Å². The number of anilines is 1. The van der Waals surface area contributed by atoms with E-state index in [1.54, 1.807) is 12.1 Å². The van der Waals surface area contributed by atoms with Crippen LogP contribution in [0.5, 0.6) is 0 Å². The molecule has 2 aliphatic heterocycles. The molecule has 2 amide bonds. The molecule has 0 aromatic heterocycles. The Morgan fingerprint density at radius 3 is 2.62 bits per heavy atom. The lowest BCUT2D eigenvalue weighted by Gasteiger charge is -2.34. The van der Waals surface area contributed by atoms with Crippen molar-refractivity contribution < 1.29 is 14.7 Å². The van der Waals surface area contributed by atoms with Gasteiger partial charge in [0.15, 0.2) is 0 Å². The number of carbonyl (C=O) groups is 2. The maximum Gasteiger partial charge on any atom is 0.259 e. The van der Waals surface area contributed by atoms with E-state index < -0.39 is 17.9 Å². The van der Waals surface area contributed by atoms with Gasteiger partial charge in [-0.1, -0.05) is 30.3 Å². The number of carbonyl (C=O) groups excluding carboxylic acids is 2. The molecule has 2 aliphatic rings. The summed E-state index contributed by atoms with van der Waals surface area (Å²) in [6.45, 7) is 4.02. The molecule has 2 aromatic carbocycles. The average molecular weight is 391 g/mol. The van der Waals surface area contributed by atoms with Crippen LogP contribution in [0.3, 0.4) is 0 Å². The summed E-state index contributed by atoms with van der Waals surface area (Å²) in [5, 5.41) is 22.5. The largest absolute Gasteiger partial charge is 0.387 e. The molecule has 8 nitrogen and oxygen atoms in total. The van der Waals surface area contributed by atoms with E-state index in [9.17, 15) is 14.7 Å². The fourth-order valence-corrected chi connectivity index (χ4v) is 3.62. The van der Waals surface area contributed by atoms with Gasteiger partial charge in [0.25, 0.3) is 11.8 Å². The van der Waals surface area contributed by atoms with Crippen LogP contribution in [0.4, 0.5) is 11.4 Å². The van der Waals surface area contributed by atoms with Crippen LogP contribution >= 0.6 is 0 Å². The molecule has 2 heterocycles. The highest BCUT2D eigenvalue weighted by Gasteiger charge is 2.30. The van der Waals surface area contributed by atoms with Gasteiger partial charge in [-0.3, -0.25) is 24.9 Å². The minimum atomic E-state index is -0.680. The number of hydrogen-bond acceptors (Lipinski definition) is 7. The third-order valence-electron chi connectivity index (χ3n) is 5.23. The Balaban J connectivity index is 1.52. The molecule has 29 heavy (non-hydrogen) atoms. The van der Waals surface area contributed by atoms with Gasteiger partial charge >= 0.3 is 0 Å². The summed E-state index contributed by atoms with van der Waals surface area (Å²) >= 11 is 0. The highest BCUT2D eigenvalue weighted by Crippen LogP contribution is 2.31. The van der Waals surface area contributed by atoms with Gasteiger partial charge in [-0.2, -0.15) is 5.10 Å². The van der Waals surface area contributed by atoms with Crippen LogP contribution in [-0.4, -0.2) is 60.1 Å². The second kappa shape index (κ2) is 7.48. The lowest BCUT2D eigenvalue weighted by Crippen LogP contribution is -2.44. The topological polar surface area (TPSA) is 106 Å². The predicted molar refractivity (Wildman–Crippen MR) is 111 cm³/mol. The van der Waals surface area contributed by atoms with Crippen molar-refractivity contribution >= 4 is 35.6 Å². The Morgan fingerprint density at radius 1 is 1.24 bits per heavy atom. The second-order valence-corrected chi connectivity index (χ2v) is 7.07. The Morgan fingerprint density at radius 2 is 1.93 bits per heavy atom. The summed E-state index contributed by atoms with van der Waals surface area (Å²) in [5.74, 6) is -0.856. The van der Waals surface area contributed by atoms with Crippen molar-refractivity contribution in [3.63, 3.8) is 0 Å². The summed E-state index contributed by atoms with van der Waals surface area (Å²) in [6.07, 6.45) is -0.182. The monoisotopic (exact) mass is 391 g/mol. The number of amides is 2. The molecule has 0 fully saturated rings. The summed E-state index contributed by atoms with van der Waals surface area (Å²) in [6, 6.07) is 12.7. The SMILES string of the molecule is C=Nc1cc2c(cc1NCC1CC(O)C(c3ccccc3)=NN1C)C(=O)NC2=O. The zero-order valence-corrected chi connectivity index (χ0v) is 15.9. The minimum absolute atomic E-state index is 0.0705. The molecule has 4 rings (SSSR count). The van der Waals surface area contributed by atoms with E-state index >= 15 is 0 Å². The van der Waals surface area contributed by atoms with Crippen molar-refractivity contribution in [3.8, 4) is 0 Å². The highest BCUT2D eigenvalue weighted by molar-refractivity contribution is 6.22. The van der Waals surface area contributed by atoms with E-state index in [0.29, 0.717) is 41.2 Å². The number of imide groups is 1. The molecule has 2 aromatic rings. The van der Waals surface area contributed by atoms with E-state index in [4.69, 9.17) is 0 Å². The maximum atomic E-state index is 11.9. The fraction of sp³-hybridized carbons (Fsp3) is 0.238. The number of likely N-dealkylation sites (N-methyl/N-ethyl adjacent to an activating group) is 1. The molecule has 0 spiro atoms. The number of aliphatic hydroxyl groups excluding tert-OH is 1. The number of hydrazone groups is 1. The molecule has 8 heteroatoms. The summed E-state index contributed by atoms with van der Waals surface area (Å²) in [4.78, 5) is 27.7. The molecular formula is C21H21N5O3. The predicted octanol–water partition coefficient (Wildman–Crippen LogP) is 1.78. The number of hydrogen-bond donors (Lipinski definition) is 3. The van der Waals surface area contributed by atoms with Gasteiger partial charge < -0.3 is 10.4 Å². The molecule has 0 saturated heterocycles. The van der Waals surface area contributed by atoms with Crippen molar-refractivity contribution in [1.82, 2.24) is 10.3 Å².